The van der Waals surface area contributed by atoms with Crippen molar-refractivity contribution in [2.75, 3.05) is 12.3 Å². The molecule has 0 bridgehead atoms. The van der Waals surface area contributed by atoms with Crippen molar-refractivity contribution in [3.05, 3.63) is 53.9 Å². The van der Waals surface area contributed by atoms with E-state index >= 15 is 0 Å². The predicted octanol–water partition coefficient (Wildman–Crippen LogP) is 2.25. The van der Waals surface area contributed by atoms with Gasteiger partial charge in [0, 0.05) is 17.8 Å². The summed E-state index contributed by atoms with van der Waals surface area (Å²) in [4.78, 5) is 0. The number of hydrogen-bond acceptors (Lipinski definition) is 2. The Labute approximate surface area is 108 Å². The second kappa shape index (κ2) is 5.54. The Morgan fingerprint density at radius 3 is 2.28 bits per heavy atom. The molecule has 0 unspecified atom stereocenters. The Balaban J connectivity index is 1.90. The van der Waals surface area contributed by atoms with Crippen LogP contribution >= 0.6 is 0 Å². The Morgan fingerprint density at radius 1 is 1.06 bits per heavy atom. The van der Waals surface area contributed by atoms with Crippen LogP contribution in [0.1, 0.15) is 11.1 Å². The van der Waals surface area contributed by atoms with E-state index in [0.29, 0.717) is 6.61 Å². The van der Waals surface area contributed by atoms with E-state index in [9.17, 15) is 0 Å². The summed E-state index contributed by atoms with van der Waals surface area (Å²) in [5.41, 5.74) is 8.87. The minimum atomic E-state index is 0.650. The van der Waals surface area contributed by atoms with Gasteiger partial charge in [-0.2, -0.15) is 0 Å². The Kier molecular flexibility index (Phi) is 3.82. The molecule has 3 nitrogen and oxygen atoms in total. The number of nitrogens with two attached hydrogens (primary N) is 1. The van der Waals surface area contributed by atoms with E-state index in [1.165, 1.54) is 11.1 Å². The number of hydrogen-bond donors (Lipinski definition) is 1. The fourth-order valence-corrected chi connectivity index (χ4v) is 1.90. The molecule has 94 valence electrons. The van der Waals surface area contributed by atoms with E-state index in [2.05, 4.69) is 36.6 Å². The third-order valence-electron chi connectivity index (χ3n) is 2.73. The van der Waals surface area contributed by atoms with Crippen LogP contribution in [0, 0.1) is 13.8 Å². The highest BCUT2D eigenvalue weighted by Crippen LogP contribution is 2.15. The van der Waals surface area contributed by atoms with Crippen molar-refractivity contribution in [3.63, 3.8) is 0 Å². The molecule has 2 aromatic rings. The molecule has 0 saturated heterocycles. The zero-order valence-corrected chi connectivity index (χ0v) is 10.9. The maximum Gasteiger partial charge on any atom is 0.182 e. The molecule has 0 saturated carbocycles. The highest BCUT2D eigenvalue weighted by atomic mass is 16.5. The van der Waals surface area contributed by atoms with Crippen molar-refractivity contribution in [2.24, 2.45) is 0 Å². The van der Waals surface area contributed by atoms with Gasteiger partial charge in [-0.05, 0) is 37.1 Å². The first-order chi connectivity index (χ1) is 8.63. The van der Waals surface area contributed by atoms with Crippen LogP contribution in [0.15, 0.2) is 42.7 Å². The van der Waals surface area contributed by atoms with Crippen molar-refractivity contribution >= 4 is 5.69 Å². The first kappa shape index (κ1) is 12.4. The normalized spacial score (nSPS) is 10.3. The summed E-state index contributed by atoms with van der Waals surface area (Å²) in [6, 6.07) is 10.0. The number of ether oxygens (including phenoxy) is 1. The molecule has 0 atom stereocenters. The molecule has 0 spiro atoms. The first-order valence-electron chi connectivity index (χ1n) is 6.09. The molecular weight excluding hydrogens is 224 g/mol. The average molecular weight is 243 g/mol. The number of pyridine rings is 1. The molecule has 0 amide bonds. The fraction of sp³-hybridized carbons (Fsp3) is 0.267. The summed E-state index contributed by atoms with van der Waals surface area (Å²) < 4.78 is 7.80. The predicted molar refractivity (Wildman–Crippen MR) is 72.5 cm³/mol. The highest BCUT2D eigenvalue weighted by molar-refractivity contribution is 5.33. The lowest BCUT2D eigenvalue weighted by atomic mass is 10.1. The number of aromatic nitrogens is 1. The highest BCUT2D eigenvalue weighted by Gasteiger charge is 2.01. The van der Waals surface area contributed by atoms with Crippen LogP contribution < -0.4 is 15.0 Å². The average Bonchev–Trinajstić information content (AvgIpc) is 2.30. The van der Waals surface area contributed by atoms with Crippen LogP contribution in [0.3, 0.4) is 0 Å². The molecule has 0 aliphatic heterocycles. The lowest BCUT2D eigenvalue weighted by Gasteiger charge is -2.06. The minimum absolute atomic E-state index is 0.650. The van der Waals surface area contributed by atoms with Crippen LogP contribution in [0.2, 0.25) is 0 Å². The number of aryl methyl sites for hydroxylation is 2. The van der Waals surface area contributed by atoms with Gasteiger partial charge >= 0.3 is 0 Å². The molecule has 0 radical (unpaired) electrons. The van der Waals surface area contributed by atoms with Gasteiger partial charge < -0.3 is 10.5 Å². The van der Waals surface area contributed by atoms with E-state index in [-0.39, 0.29) is 0 Å². The van der Waals surface area contributed by atoms with Gasteiger partial charge in [0.25, 0.3) is 0 Å². The molecule has 18 heavy (non-hydrogen) atoms. The van der Waals surface area contributed by atoms with Crippen LogP contribution in [0.25, 0.3) is 0 Å². The van der Waals surface area contributed by atoms with Gasteiger partial charge in [-0.1, -0.05) is 6.07 Å². The Hall–Kier alpha value is -2.03. The molecule has 2 rings (SSSR count). The van der Waals surface area contributed by atoms with Crippen molar-refractivity contribution in [1.82, 2.24) is 0 Å². The number of benzene rings is 1. The number of nitrogens with zero attached hydrogens (tertiary/aromatic N) is 1. The monoisotopic (exact) mass is 243 g/mol. The van der Waals surface area contributed by atoms with Crippen LogP contribution in [0.5, 0.6) is 5.75 Å². The minimum Gasteiger partial charge on any atom is -0.487 e. The van der Waals surface area contributed by atoms with Crippen LogP contribution in [0.4, 0.5) is 5.69 Å². The molecular formula is C15H19N2O+. The van der Waals surface area contributed by atoms with E-state index in [4.69, 9.17) is 10.5 Å². The zero-order chi connectivity index (χ0) is 13.0. The third kappa shape index (κ3) is 3.48. The number of nitrogen functional groups attached to an aromatic ring is 1. The van der Waals surface area contributed by atoms with Gasteiger partial charge in [0.15, 0.2) is 18.9 Å². The quantitative estimate of drug-likeness (QED) is 0.837. The lowest BCUT2D eigenvalue weighted by molar-refractivity contribution is -0.697. The molecule has 2 N–H and O–H groups in total. The van der Waals surface area contributed by atoms with Crippen molar-refractivity contribution in [1.29, 1.82) is 0 Å². The second-order valence-electron chi connectivity index (χ2n) is 4.54. The third-order valence-corrected chi connectivity index (χ3v) is 2.73. The molecule has 0 aliphatic carbocycles. The summed E-state index contributed by atoms with van der Waals surface area (Å²) in [5.74, 6) is 0.934. The smallest absolute Gasteiger partial charge is 0.182 e. The SMILES string of the molecule is Cc1cc(C)cc(OCC[n+]2ccc(N)cc2)c1. The molecule has 1 aromatic carbocycles. The second-order valence-corrected chi connectivity index (χ2v) is 4.54. The topological polar surface area (TPSA) is 39.1 Å². The standard InChI is InChI=1S/C15H18N2O/c1-12-9-13(2)11-15(10-12)18-8-7-17-5-3-14(16)4-6-17/h3-6,9-11,16H,7-8H2,1-2H3/p+1. The summed E-state index contributed by atoms with van der Waals surface area (Å²) in [7, 11) is 0. The maximum absolute atomic E-state index is 5.75. The van der Waals surface area contributed by atoms with Gasteiger partial charge in [0.2, 0.25) is 0 Å². The van der Waals surface area contributed by atoms with Crippen molar-refractivity contribution in [3.8, 4) is 5.75 Å². The molecule has 0 aliphatic rings. The number of anilines is 1. The lowest BCUT2D eigenvalue weighted by Crippen LogP contribution is -2.35. The van der Waals surface area contributed by atoms with E-state index in [1.54, 1.807) is 0 Å². The van der Waals surface area contributed by atoms with Crippen LogP contribution in [-0.4, -0.2) is 6.61 Å². The van der Waals surface area contributed by atoms with E-state index in [0.717, 1.165) is 18.0 Å². The summed E-state index contributed by atoms with van der Waals surface area (Å²) in [5, 5.41) is 0. The first-order valence-corrected chi connectivity index (χ1v) is 6.09. The summed E-state index contributed by atoms with van der Waals surface area (Å²) in [6.45, 7) is 5.62. The maximum atomic E-state index is 5.75. The molecule has 1 heterocycles. The summed E-state index contributed by atoms with van der Waals surface area (Å²) in [6.07, 6.45) is 3.92. The van der Waals surface area contributed by atoms with Gasteiger partial charge in [-0.25, -0.2) is 4.57 Å². The Bertz CT molecular complexity index is 500. The van der Waals surface area contributed by atoms with Gasteiger partial charge in [-0.15, -0.1) is 0 Å². The Morgan fingerprint density at radius 2 is 1.67 bits per heavy atom. The summed E-state index contributed by atoms with van der Waals surface area (Å²) >= 11 is 0. The van der Waals surface area contributed by atoms with Crippen LogP contribution in [-0.2, 0) is 6.54 Å². The van der Waals surface area contributed by atoms with Crippen molar-refractivity contribution < 1.29 is 9.30 Å². The van der Waals surface area contributed by atoms with Gasteiger partial charge in [0.1, 0.15) is 12.4 Å². The van der Waals surface area contributed by atoms with Gasteiger partial charge in [-0.3, -0.25) is 0 Å². The van der Waals surface area contributed by atoms with E-state index < -0.39 is 0 Å². The largest absolute Gasteiger partial charge is 0.487 e. The molecule has 1 aromatic heterocycles. The zero-order valence-electron chi connectivity index (χ0n) is 10.9. The van der Waals surface area contributed by atoms with Crippen molar-refractivity contribution in [2.45, 2.75) is 20.4 Å². The van der Waals surface area contributed by atoms with E-state index in [1.807, 2.05) is 24.5 Å². The molecule has 0 fully saturated rings. The number of rotatable bonds is 4. The fourth-order valence-electron chi connectivity index (χ4n) is 1.90. The molecule has 3 heteroatoms. The van der Waals surface area contributed by atoms with Gasteiger partial charge in [0.05, 0.1) is 0 Å².